The highest BCUT2D eigenvalue weighted by Crippen LogP contribution is 2.33. The van der Waals surface area contributed by atoms with Crippen LogP contribution in [0.5, 0.6) is 0 Å². The molecule has 2 amide bonds. The van der Waals surface area contributed by atoms with Crippen LogP contribution in [-0.4, -0.2) is 54.6 Å². The molecule has 0 aromatic heterocycles. The summed E-state index contributed by atoms with van der Waals surface area (Å²) in [5, 5.41) is 0. The summed E-state index contributed by atoms with van der Waals surface area (Å²) < 4.78 is 5.05. The number of rotatable bonds is 4. The average molecular weight is 316 g/mol. The van der Waals surface area contributed by atoms with Crippen LogP contribution in [0.25, 0.3) is 0 Å². The van der Waals surface area contributed by atoms with Crippen LogP contribution < -0.4 is 0 Å². The zero-order chi connectivity index (χ0) is 16.3. The quantitative estimate of drug-likeness (QED) is 0.857. The van der Waals surface area contributed by atoms with E-state index in [1.807, 2.05) is 23.1 Å². The van der Waals surface area contributed by atoms with Gasteiger partial charge in [0, 0.05) is 38.0 Å². The predicted octanol–water partition coefficient (Wildman–Crippen LogP) is 2.41. The molecule has 124 valence electrons. The van der Waals surface area contributed by atoms with Gasteiger partial charge in [0.2, 0.25) is 5.91 Å². The Kier molecular flexibility index (Phi) is 4.55. The van der Waals surface area contributed by atoms with Gasteiger partial charge in [0.25, 0.3) is 0 Å². The van der Waals surface area contributed by atoms with Gasteiger partial charge in [0.1, 0.15) is 0 Å². The second-order valence-electron chi connectivity index (χ2n) is 6.70. The number of hydrogen-bond acceptors (Lipinski definition) is 3. The molecule has 0 bridgehead atoms. The Bertz CT molecular complexity index is 575. The van der Waals surface area contributed by atoms with E-state index in [0.717, 1.165) is 19.4 Å². The number of cyclic esters (lactones) is 1. The molecule has 5 heteroatoms. The Balaban J connectivity index is 1.64. The summed E-state index contributed by atoms with van der Waals surface area (Å²) in [6.07, 6.45) is 2.04. The van der Waals surface area contributed by atoms with Crippen molar-refractivity contribution >= 4 is 12.0 Å². The smallest absolute Gasteiger partial charge is 0.409 e. The van der Waals surface area contributed by atoms with Crippen molar-refractivity contribution in [2.24, 2.45) is 0 Å². The van der Waals surface area contributed by atoms with Gasteiger partial charge in [0.05, 0.1) is 6.61 Å². The third-order valence-corrected chi connectivity index (χ3v) is 4.95. The van der Waals surface area contributed by atoms with Gasteiger partial charge in [-0.05, 0) is 18.4 Å². The minimum atomic E-state index is -0.258. The molecule has 1 atom stereocenters. The zero-order valence-corrected chi connectivity index (χ0v) is 13.7. The maximum Gasteiger partial charge on any atom is 0.409 e. The van der Waals surface area contributed by atoms with Crippen molar-refractivity contribution in [1.29, 1.82) is 0 Å². The van der Waals surface area contributed by atoms with Crippen LogP contribution in [0.1, 0.15) is 31.7 Å². The summed E-state index contributed by atoms with van der Waals surface area (Å²) in [5.41, 5.74) is 1.26. The lowest BCUT2D eigenvalue weighted by atomic mass is 9.76. The molecule has 0 N–H and O–H groups in total. The first-order valence-corrected chi connectivity index (χ1v) is 8.33. The lowest BCUT2D eigenvalue weighted by Crippen LogP contribution is -2.51. The molecule has 1 aromatic carbocycles. The molecule has 0 saturated carbocycles. The molecule has 0 radical (unpaired) electrons. The molecule has 2 aliphatic rings. The highest BCUT2D eigenvalue weighted by atomic mass is 16.6. The molecular formula is C18H24N2O3. The third-order valence-electron chi connectivity index (χ3n) is 4.95. The first-order valence-electron chi connectivity index (χ1n) is 8.33. The van der Waals surface area contributed by atoms with E-state index in [0.29, 0.717) is 32.7 Å². The monoisotopic (exact) mass is 316 g/mol. The Hall–Kier alpha value is -2.04. The summed E-state index contributed by atoms with van der Waals surface area (Å²) in [7, 11) is 0. The van der Waals surface area contributed by atoms with Crippen LogP contribution in [0, 0.1) is 0 Å². The van der Waals surface area contributed by atoms with Crippen LogP contribution in [0.2, 0.25) is 0 Å². The molecule has 23 heavy (non-hydrogen) atoms. The first kappa shape index (κ1) is 15.8. The van der Waals surface area contributed by atoms with E-state index in [-0.39, 0.29) is 17.4 Å². The maximum absolute atomic E-state index is 12.3. The van der Waals surface area contributed by atoms with Gasteiger partial charge in [-0.3, -0.25) is 4.79 Å². The number of carbonyl (C=O) groups is 2. The van der Waals surface area contributed by atoms with Crippen molar-refractivity contribution < 1.29 is 14.3 Å². The highest BCUT2D eigenvalue weighted by molar-refractivity contribution is 5.77. The third kappa shape index (κ3) is 3.49. The molecule has 5 nitrogen and oxygen atoms in total. The lowest BCUT2D eigenvalue weighted by Gasteiger charge is -2.41. The van der Waals surface area contributed by atoms with E-state index in [9.17, 15) is 9.59 Å². The fraction of sp³-hybridized carbons (Fsp3) is 0.556. The Labute approximate surface area is 137 Å². The molecule has 2 saturated heterocycles. The molecule has 1 unspecified atom stereocenters. The fourth-order valence-corrected chi connectivity index (χ4v) is 3.45. The number of hydrogen-bond donors (Lipinski definition) is 0. The van der Waals surface area contributed by atoms with Crippen molar-refractivity contribution in [3.63, 3.8) is 0 Å². The topological polar surface area (TPSA) is 49.9 Å². The minimum absolute atomic E-state index is 0.0163. The number of piperidine rings is 1. The van der Waals surface area contributed by atoms with E-state index in [2.05, 4.69) is 19.1 Å². The second kappa shape index (κ2) is 6.60. The van der Waals surface area contributed by atoms with E-state index < -0.39 is 0 Å². The molecule has 1 aromatic rings. The Morgan fingerprint density at radius 2 is 1.87 bits per heavy atom. The summed E-state index contributed by atoms with van der Waals surface area (Å²) in [4.78, 5) is 27.6. The summed E-state index contributed by atoms with van der Waals surface area (Å²) >= 11 is 0. The number of ether oxygens (including phenoxy) is 1. The zero-order valence-electron chi connectivity index (χ0n) is 13.7. The van der Waals surface area contributed by atoms with Crippen molar-refractivity contribution in [3.05, 3.63) is 35.9 Å². The normalized spacial score (nSPS) is 25.4. The van der Waals surface area contributed by atoms with Gasteiger partial charge >= 0.3 is 6.09 Å². The summed E-state index contributed by atoms with van der Waals surface area (Å²) in [6, 6.07) is 10.4. The second-order valence-corrected chi connectivity index (χ2v) is 6.70. The van der Waals surface area contributed by atoms with Crippen molar-refractivity contribution in [1.82, 2.24) is 9.80 Å². The largest absolute Gasteiger partial charge is 0.449 e. The minimum Gasteiger partial charge on any atom is -0.449 e. The number of benzene rings is 1. The van der Waals surface area contributed by atoms with Crippen LogP contribution in [-0.2, 0) is 14.9 Å². The molecule has 0 aliphatic carbocycles. The van der Waals surface area contributed by atoms with E-state index >= 15 is 0 Å². The molecule has 0 spiro atoms. The highest BCUT2D eigenvalue weighted by Gasteiger charge is 2.36. The van der Waals surface area contributed by atoms with Gasteiger partial charge in [0.15, 0.2) is 0 Å². The number of carbonyl (C=O) groups excluding carboxylic acids is 2. The Morgan fingerprint density at radius 1 is 1.13 bits per heavy atom. The van der Waals surface area contributed by atoms with E-state index in [1.165, 1.54) is 5.56 Å². The fourth-order valence-electron chi connectivity index (χ4n) is 3.45. The SMILES string of the molecule is CC1(c2ccccc2)CCC(=O)N(CCN2CCCOC2=O)C1. The number of likely N-dealkylation sites (tertiary alicyclic amines) is 1. The number of amides is 2. The maximum atomic E-state index is 12.3. The first-order chi connectivity index (χ1) is 11.1. The van der Waals surface area contributed by atoms with Gasteiger partial charge < -0.3 is 14.5 Å². The van der Waals surface area contributed by atoms with Crippen molar-refractivity contribution in [2.75, 3.05) is 32.8 Å². The lowest BCUT2D eigenvalue weighted by molar-refractivity contribution is -0.135. The van der Waals surface area contributed by atoms with Crippen LogP contribution in [0.4, 0.5) is 4.79 Å². The summed E-state index contributed by atoms with van der Waals surface area (Å²) in [6.45, 7) is 5.28. The summed E-state index contributed by atoms with van der Waals surface area (Å²) in [5.74, 6) is 0.184. The molecule has 3 rings (SSSR count). The molecular weight excluding hydrogens is 292 g/mol. The van der Waals surface area contributed by atoms with Crippen molar-refractivity contribution in [2.45, 2.75) is 31.6 Å². The average Bonchev–Trinajstić information content (AvgIpc) is 2.58. The predicted molar refractivity (Wildman–Crippen MR) is 87.1 cm³/mol. The van der Waals surface area contributed by atoms with E-state index in [1.54, 1.807) is 4.90 Å². The standard InChI is InChI=1S/C18H24N2O3/c1-18(15-6-3-2-4-7-15)9-8-16(21)20(14-18)12-11-19-10-5-13-23-17(19)22/h2-4,6-7H,5,8-14H2,1H3. The van der Waals surface area contributed by atoms with Gasteiger partial charge in [-0.25, -0.2) is 4.79 Å². The van der Waals surface area contributed by atoms with Gasteiger partial charge in [-0.1, -0.05) is 37.3 Å². The Morgan fingerprint density at radius 3 is 2.61 bits per heavy atom. The molecule has 2 aliphatic heterocycles. The van der Waals surface area contributed by atoms with Crippen LogP contribution in [0.3, 0.4) is 0 Å². The van der Waals surface area contributed by atoms with E-state index in [4.69, 9.17) is 4.74 Å². The number of nitrogens with zero attached hydrogens (tertiary/aromatic N) is 2. The molecule has 2 heterocycles. The van der Waals surface area contributed by atoms with Gasteiger partial charge in [-0.15, -0.1) is 0 Å². The van der Waals surface area contributed by atoms with Crippen molar-refractivity contribution in [3.8, 4) is 0 Å². The van der Waals surface area contributed by atoms with Gasteiger partial charge in [-0.2, -0.15) is 0 Å². The molecule has 2 fully saturated rings. The van der Waals surface area contributed by atoms with Crippen LogP contribution in [0.15, 0.2) is 30.3 Å². The van der Waals surface area contributed by atoms with Crippen LogP contribution >= 0.6 is 0 Å².